The van der Waals surface area contributed by atoms with Crippen molar-refractivity contribution >= 4 is 27.5 Å². The van der Waals surface area contributed by atoms with Crippen molar-refractivity contribution in [2.75, 3.05) is 39.3 Å². The van der Waals surface area contributed by atoms with Gasteiger partial charge >= 0.3 is 0 Å². The molecule has 0 aliphatic carbocycles. The summed E-state index contributed by atoms with van der Waals surface area (Å²) in [6, 6.07) is 14.3. The summed E-state index contributed by atoms with van der Waals surface area (Å²) in [5.74, 6) is -0.111. The number of piperazine rings is 1. The second kappa shape index (κ2) is 9.06. The predicted molar refractivity (Wildman–Crippen MR) is 117 cm³/mol. The number of carbonyl (C=O) groups excluding carboxylic acids is 1. The monoisotopic (exact) mass is 447 g/mol. The van der Waals surface area contributed by atoms with Crippen molar-refractivity contribution < 1.29 is 13.2 Å². The topological polar surface area (TPSA) is 60.9 Å². The minimum absolute atomic E-state index is 0.111. The maximum absolute atomic E-state index is 13.0. The molecule has 2 aliphatic heterocycles. The number of rotatable bonds is 5. The summed E-state index contributed by atoms with van der Waals surface area (Å²) in [6.45, 7) is 4.72. The minimum atomic E-state index is -3.53. The van der Waals surface area contributed by atoms with E-state index in [1.807, 2.05) is 24.3 Å². The standard InChI is InChI=1S/C22H26ClN3O3S/c23-20-8-6-18(7-9-20)17-24-12-14-25(15-13-24)22(27)19-4-3-5-21(16-19)30(28,29)26-10-1-2-11-26/h3-9,16H,1-2,10-15,17H2. The van der Waals surface area contributed by atoms with E-state index >= 15 is 0 Å². The molecular weight excluding hydrogens is 422 g/mol. The Balaban J connectivity index is 1.39. The lowest BCUT2D eigenvalue weighted by atomic mass is 10.1. The summed E-state index contributed by atoms with van der Waals surface area (Å²) in [5.41, 5.74) is 1.63. The fraction of sp³-hybridized carbons (Fsp3) is 0.409. The molecule has 160 valence electrons. The van der Waals surface area contributed by atoms with Gasteiger partial charge in [-0.05, 0) is 48.7 Å². The van der Waals surface area contributed by atoms with Gasteiger partial charge < -0.3 is 4.90 Å². The van der Waals surface area contributed by atoms with Crippen LogP contribution in [0, 0.1) is 0 Å². The van der Waals surface area contributed by atoms with Crippen LogP contribution in [0.1, 0.15) is 28.8 Å². The van der Waals surface area contributed by atoms with Gasteiger partial charge in [0.05, 0.1) is 4.90 Å². The summed E-state index contributed by atoms with van der Waals surface area (Å²) in [6.07, 6.45) is 1.77. The summed E-state index contributed by atoms with van der Waals surface area (Å²) >= 11 is 5.94. The SMILES string of the molecule is O=C(c1cccc(S(=O)(=O)N2CCCC2)c1)N1CCN(Cc2ccc(Cl)cc2)CC1. The van der Waals surface area contributed by atoms with Gasteiger partial charge in [-0.25, -0.2) is 8.42 Å². The lowest BCUT2D eigenvalue weighted by molar-refractivity contribution is 0.0628. The minimum Gasteiger partial charge on any atom is -0.336 e. The number of halogens is 1. The van der Waals surface area contributed by atoms with Gasteiger partial charge in [-0.2, -0.15) is 4.31 Å². The van der Waals surface area contributed by atoms with E-state index in [4.69, 9.17) is 11.6 Å². The van der Waals surface area contributed by atoms with Crippen molar-refractivity contribution in [3.05, 3.63) is 64.7 Å². The Hall–Kier alpha value is -1.93. The van der Waals surface area contributed by atoms with E-state index in [0.717, 1.165) is 37.5 Å². The van der Waals surface area contributed by atoms with E-state index in [1.54, 1.807) is 23.1 Å². The third-order valence-corrected chi connectivity index (χ3v) is 7.91. The molecule has 0 saturated carbocycles. The molecule has 2 aromatic carbocycles. The van der Waals surface area contributed by atoms with Gasteiger partial charge in [0.2, 0.25) is 10.0 Å². The van der Waals surface area contributed by atoms with Crippen molar-refractivity contribution in [3.8, 4) is 0 Å². The summed E-state index contributed by atoms with van der Waals surface area (Å²) in [4.78, 5) is 17.3. The van der Waals surface area contributed by atoms with E-state index < -0.39 is 10.0 Å². The number of hydrogen-bond donors (Lipinski definition) is 0. The first-order chi connectivity index (χ1) is 14.4. The van der Waals surface area contributed by atoms with Crippen LogP contribution < -0.4 is 0 Å². The molecule has 0 unspecified atom stereocenters. The van der Waals surface area contributed by atoms with Crippen molar-refractivity contribution in [2.24, 2.45) is 0 Å². The van der Waals surface area contributed by atoms with Crippen molar-refractivity contribution in [2.45, 2.75) is 24.3 Å². The number of sulfonamides is 1. The zero-order valence-electron chi connectivity index (χ0n) is 16.8. The highest BCUT2D eigenvalue weighted by atomic mass is 35.5. The molecule has 2 fully saturated rings. The third kappa shape index (κ3) is 4.70. The molecule has 0 bridgehead atoms. The van der Waals surface area contributed by atoms with Gasteiger partial charge in [0.1, 0.15) is 0 Å². The third-order valence-electron chi connectivity index (χ3n) is 5.76. The average Bonchev–Trinajstić information content (AvgIpc) is 3.31. The number of benzene rings is 2. The molecule has 8 heteroatoms. The van der Waals surface area contributed by atoms with Gasteiger partial charge in [0.15, 0.2) is 0 Å². The van der Waals surface area contributed by atoms with E-state index in [-0.39, 0.29) is 10.8 Å². The lowest BCUT2D eigenvalue weighted by Crippen LogP contribution is -2.48. The van der Waals surface area contributed by atoms with E-state index in [1.165, 1.54) is 15.9 Å². The highest BCUT2D eigenvalue weighted by molar-refractivity contribution is 7.89. The predicted octanol–water partition coefficient (Wildman–Crippen LogP) is 3.08. The number of nitrogens with zero attached hydrogens (tertiary/aromatic N) is 3. The second-order valence-corrected chi connectivity index (χ2v) is 10.2. The van der Waals surface area contributed by atoms with Crippen LogP contribution in [0.4, 0.5) is 0 Å². The van der Waals surface area contributed by atoms with Crippen LogP contribution in [0.5, 0.6) is 0 Å². The van der Waals surface area contributed by atoms with Crippen LogP contribution in [-0.4, -0.2) is 67.7 Å². The molecule has 0 atom stereocenters. The first-order valence-corrected chi connectivity index (χ1v) is 12.1. The van der Waals surface area contributed by atoms with E-state index in [2.05, 4.69) is 4.90 Å². The Bertz CT molecular complexity index is 997. The normalized spacial score (nSPS) is 18.6. The zero-order chi connectivity index (χ0) is 21.1. The van der Waals surface area contributed by atoms with Gasteiger partial charge in [-0.15, -0.1) is 0 Å². The molecular formula is C22H26ClN3O3S. The van der Waals surface area contributed by atoms with Crippen molar-refractivity contribution in [1.29, 1.82) is 0 Å². The number of amides is 1. The molecule has 1 amide bonds. The molecule has 2 aliphatic rings. The Kier molecular flexibility index (Phi) is 6.43. The van der Waals surface area contributed by atoms with Gasteiger partial charge in [-0.1, -0.05) is 29.8 Å². The maximum atomic E-state index is 13.0. The summed E-state index contributed by atoms with van der Waals surface area (Å²) < 4.78 is 27.1. The van der Waals surface area contributed by atoms with Gasteiger partial charge in [0, 0.05) is 56.4 Å². The fourth-order valence-corrected chi connectivity index (χ4v) is 5.70. The van der Waals surface area contributed by atoms with E-state index in [0.29, 0.717) is 31.7 Å². The second-order valence-electron chi connectivity index (χ2n) is 7.83. The lowest BCUT2D eigenvalue weighted by Gasteiger charge is -2.35. The van der Waals surface area contributed by atoms with Crippen LogP contribution in [0.2, 0.25) is 5.02 Å². The first kappa shape index (κ1) is 21.3. The number of hydrogen-bond acceptors (Lipinski definition) is 4. The smallest absolute Gasteiger partial charge is 0.253 e. The van der Waals surface area contributed by atoms with Gasteiger partial charge in [-0.3, -0.25) is 9.69 Å². The molecule has 30 heavy (non-hydrogen) atoms. The van der Waals surface area contributed by atoms with Crippen LogP contribution >= 0.6 is 11.6 Å². The largest absolute Gasteiger partial charge is 0.336 e. The van der Waals surface area contributed by atoms with Gasteiger partial charge in [0.25, 0.3) is 5.91 Å². The molecule has 6 nitrogen and oxygen atoms in total. The Morgan fingerprint density at radius 3 is 2.23 bits per heavy atom. The maximum Gasteiger partial charge on any atom is 0.253 e. The summed E-state index contributed by atoms with van der Waals surface area (Å²) in [5, 5.41) is 0.725. The van der Waals surface area contributed by atoms with E-state index in [9.17, 15) is 13.2 Å². The Morgan fingerprint density at radius 1 is 0.900 bits per heavy atom. The Labute approximate surface area is 183 Å². The molecule has 2 aromatic rings. The molecule has 4 rings (SSSR count). The zero-order valence-corrected chi connectivity index (χ0v) is 18.4. The van der Waals surface area contributed by atoms with Crippen molar-refractivity contribution in [1.82, 2.24) is 14.1 Å². The molecule has 0 aromatic heterocycles. The van der Waals surface area contributed by atoms with Crippen molar-refractivity contribution in [3.63, 3.8) is 0 Å². The summed E-state index contributed by atoms with van der Waals surface area (Å²) in [7, 11) is -3.53. The molecule has 2 heterocycles. The average molecular weight is 448 g/mol. The molecule has 2 saturated heterocycles. The van der Waals surface area contributed by atoms with Crippen LogP contribution in [0.3, 0.4) is 0 Å². The number of carbonyl (C=O) groups is 1. The molecule has 0 radical (unpaired) electrons. The van der Waals surface area contributed by atoms with Crippen LogP contribution in [0.25, 0.3) is 0 Å². The first-order valence-electron chi connectivity index (χ1n) is 10.3. The van der Waals surface area contributed by atoms with Crippen LogP contribution in [0.15, 0.2) is 53.4 Å². The highest BCUT2D eigenvalue weighted by Gasteiger charge is 2.28. The Morgan fingerprint density at radius 2 is 1.57 bits per heavy atom. The highest BCUT2D eigenvalue weighted by Crippen LogP contribution is 2.22. The quantitative estimate of drug-likeness (QED) is 0.706. The molecule has 0 spiro atoms. The van der Waals surface area contributed by atoms with Crippen LogP contribution in [-0.2, 0) is 16.6 Å². The molecule has 0 N–H and O–H groups in total. The fourth-order valence-electron chi connectivity index (χ4n) is 4.01.